The van der Waals surface area contributed by atoms with Gasteiger partial charge < -0.3 is 13.7 Å². The predicted molar refractivity (Wildman–Crippen MR) is 229 cm³/mol. The first kappa shape index (κ1) is 31.2. The maximum atomic E-state index is 6.83. The zero-order valence-corrected chi connectivity index (χ0v) is 29.8. The first-order valence-corrected chi connectivity index (χ1v) is 18.7. The lowest BCUT2D eigenvalue weighted by Crippen LogP contribution is -2.12. The molecule has 11 rings (SSSR count). The molecule has 11 aromatic rings. The van der Waals surface area contributed by atoms with Gasteiger partial charge in [0.05, 0.1) is 11.4 Å². The smallest absolute Gasteiger partial charge is 0.138 e. The van der Waals surface area contributed by atoms with E-state index in [2.05, 4.69) is 181 Å². The van der Waals surface area contributed by atoms with Crippen molar-refractivity contribution in [2.45, 2.75) is 0 Å². The molecule has 3 nitrogen and oxygen atoms in total. The van der Waals surface area contributed by atoms with E-state index in [9.17, 15) is 0 Å². The molecular weight excluding hydrogens is 671 g/mol. The van der Waals surface area contributed by atoms with Gasteiger partial charge in [0.2, 0.25) is 0 Å². The van der Waals surface area contributed by atoms with Crippen LogP contribution in [0.25, 0.3) is 88.0 Å². The first-order valence-electron chi connectivity index (χ1n) is 18.7. The third-order valence-corrected chi connectivity index (χ3v) is 10.9. The molecule has 55 heavy (non-hydrogen) atoms. The third-order valence-electron chi connectivity index (χ3n) is 10.9. The van der Waals surface area contributed by atoms with Gasteiger partial charge in [-0.25, -0.2) is 0 Å². The van der Waals surface area contributed by atoms with Gasteiger partial charge in [-0.05, 0) is 69.6 Å². The Balaban J connectivity index is 1.16. The summed E-state index contributed by atoms with van der Waals surface area (Å²) >= 11 is 0. The highest BCUT2D eigenvalue weighted by atomic mass is 16.3. The summed E-state index contributed by atoms with van der Waals surface area (Å²) in [5.41, 5.74) is 13.6. The Kier molecular flexibility index (Phi) is 7.17. The summed E-state index contributed by atoms with van der Waals surface area (Å²) in [5, 5.41) is 6.60. The van der Waals surface area contributed by atoms with Gasteiger partial charge in [-0.3, -0.25) is 0 Å². The zero-order valence-electron chi connectivity index (χ0n) is 29.8. The largest absolute Gasteiger partial charge is 0.456 e. The van der Waals surface area contributed by atoms with Gasteiger partial charge >= 0.3 is 0 Å². The SMILES string of the molecule is c1ccc(-c2ccc(-c3ccccc3N(c3ccc(-c4ccccc4)cc3)c3cc4oc5ccc6oc7ccccc7c6c5c4c4ccccc34)cc2)cc1. The van der Waals surface area contributed by atoms with Crippen molar-refractivity contribution in [3.63, 3.8) is 0 Å². The van der Waals surface area contributed by atoms with Gasteiger partial charge in [0.1, 0.15) is 22.3 Å². The van der Waals surface area contributed by atoms with Gasteiger partial charge in [-0.1, -0.05) is 158 Å². The molecule has 0 aliphatic carbocycles. The molecule has 0 bridgehead atoms. The second kappa shape index (κ2) is 12.6. The topological polar surface area (TPSA) is 29.5 Å². The summed E-state index contributed by atoms with van der Waals surface area (Å²) in [5.74, 6) is 0. The Bertz CT molecular complexity index is 3180. The van der Waals surface area contributed by atoms with Gasteiger partial charge in [0.25, 0.3) is 0 Å². The molecule has 0 saturated carbocycles. The molecule has 0 saturated heterocycles. The number of nitrogens with zero attached hydrogens (tertiary/aromatic N) is 1. The van der Waals surface area contributed by atoms with Crippen LogP contribution in [-0.4, -0.2) is 0 Å². The standard InChI is InChI=1S/C52H33NO2/c1-3-13-34(14-4-1)36-23-25-38(26-24-36)40-17-9-11-21-44(40)53(39-29-27-37(28-30-39)35-15-5-2-6-16-35)45-33-49-50(42-19-8-7-18-41(42)45)52-48(55-49)32-31-47-51(52)43-20-10-12-22-46(43)54-47/h1-33H. The van der Waals surface area contributed by atoms with Crippen molar-refractivity contribution < 1.29 is 8.83 Å². The molecule has 2 heterocycles. The molecule has 0 unspecified atom stereocenters. The van der Waals surface area contributed by atoms with Crippen molar-refractivity contribution in [1.82, 2.24) is 0 Å². The lowest BCUT2D eigenvalue weighted by atomic mass is 9.96. The van der Waals surface area contributed by atoms with Crippen LogP contribution in [0.4, 0.5) is 17.1 Å². The molecule has 2 aromatic heterocycles. The molecule has 0 atom stereocenters. The van der Waals surface area contributed by atoms with E-state index in [0.29, 0.717) is 0 Å². The lowest BCUT2D eigenvalue weighted by molar-refractivity contribution is 0.663. The van der Waals surface area contributed by atoms with E-state index in [1.165, 1.54) is 22.3 Å². The minimum Gasteiger partial charge on any atom is -0.456 e. The van der Waals surface area contributed by atoms with Crippen molar-refractivity contribution >= 4 is 71.7 Å². The lowest BCUT2D eigenvalue weighted by Gasteiger charge is -2.29. The predicted octanol–water partition coefficient (Wildman–Crippen LogP) is 15.1. The molecule has 0 aliphatic rings. The molecule has 9 aromatic carbocycles. The Morgan fingerprint density at radius 2 is 0.782 bits per heavy atom. The molecule has 0 N–H and O–H groups in total. The summed E-state index contributed by atoms with van der Waals surface area (Å²) in [7, 11) is 0. The van der Waals surface area contributed by atoms with Crippen molar-refractivity contribution in [1.29, 1.82) is 0 Å². The summed E-state index contributed by atoms with van der Waals surface area (Å²) in [6, 6.07) is 70.9. The van der Waals surface area contributed by atoms with Crippen molar-refractivity contribution in [2.75, 3.05) is 4.90 Å². The Morgan fingerprint density at radius 1 is 0.291 bits per heavy atom. The number of furan rings is 2. The third kappa shape index (κ3) is 5.13. The van der Waals surface area contributed by atoms with E-state index in [4.69, 9.17) is 8.83 Å². The number of rotatable bonds is 6. The average Bonchev–Trinajstić information content (AvgIpc) is 3.83. The first-order chi connectivity index (χ1) is 27.3. The summed E-state index contributed by atoms with van der Waals surface area (Å²) < 4.78 is 13.2. The molecule has 3 heteroatoms. The van der Waals surface area contributed by atoms with Crippen LogP contribution in [0.3, 0.4) is 0 Å². The number of hydrogen-bond acceptors (Lipinski definition) is 3. The number of hydrogen-bond donors (Lipinski definition) is 0. The van der Waals surface area contributed by atoms with E-state index in [1.807, 2.05) is 24.3 Å². The van der Waals surface area contributed by atoms with Crippen LogP contribution in [-0.2, 0) is 0 Å². The highest BCUT2D eigenvalue weighted by Gasteiger charge is 2.24. The molecule has 258 valence electrons. The van der Waals surface area contributed by atoms with Crippen LogP contribution in [0.2, 0.25) is 0 Å². The van der Waals surface area contributed by atoms with Crippen molar-refractivity contribution in [2.24, 2.45) is 0 Å². The highest BCUT2D eigenvalue weighted by Crippen LogP contribution is 2.49. The normalized spacial score (nSPS) is 11.6. The van der Waals surface area contributed by atoms with Crippen molar-refractivity contribution in [3.05, 3.63) is 200 Å². The zero-order chi connectivity index (χ0) is 36.3. The van der Waals surface area contributed by atoms with Gasteiger partial charge in [0.15, 0.2) is 0 Å². The molecular formula is C52H33NO2. The van der Waals surface area contributed by atoms with E-state index < -0.39 is 0 Å². The van der Waals surface area contributed by atoms with E-state index in [0.717, 1.165) is 82.8 Å². The fourth-order valence-corrected chi connectivity index (χ4v) is 8.33. The number of para-hydroxylation sites is 2. The van der Waals surface area contributed by atoms with Crippen LogP contribution >= 0.6 is 0 Å². The van der Waals surface area contributed by atoms with Crippen LogP contribution in [0, 0.1) is 0 Å². The second-order valence-corrected chi connectivity index (χ2v) is 14.0. The molecule has 0 spiro atoms. The highest BCUT2D eigenvalue weighted by molar-refractivity contribution is 6.32. The monoisotopic (exact) mass is 703 g/mol. The summed E-state index contributed by atoms with van der Waals surface area (Å²) in [6.45, 7) is 0. The molecule has 0 fully saturated rings. The molecule has 0 amide bonds. The van der Waals surface area contributed by atoms with Crippen LogP contribution in [0.15, 0.2) is 209 Å². The van der Waals surface area contributed by atoms with E-state index >= 15 is 0 Å². The Morgan fingerprint density at radius 3 is 1.49 bits per heavy atom. The van der Waals surface area contributed by atoms with Gasteiger partial charge in [-0.15, -0.1) is 0 Å². The van der Waals surface area contributed by atoms with E-state index in [1.54, 1.807) is 0 Å². The Labute approximate surface area is 317 Å². The minimum absolute atomic E-state index is 0.831. The van der Waals surface area contributed by atoms with Crippen molar-refractivity contribution in [3.8, 4) is 33.4 Å². The quantitative estimate of drug-likeness (QED) is 0.173. The average molecular weight is 704 g/mol. The number of benzene rings is 9. The fraction of sp³-hybridized carbons (Fsp3) is 0. The van der Waals surface area contributed by atoms with Crippen LogP contribution in [0.1, 0.15) is 0 Å². The van der Waals surface area contributed by atoms with E-state index in [-0.39, 0.29) is 0 Å². The maximum Gasteiger partial charge on any atom is 0.138 e. The van der Waals surface area contributed by atoms with Gasteiger partial charge in [0, 0.05) is 44.2 Å². The molecule has 0 radical (unpaired) electrons. The van der Waals surface area contributed by atoms with Crippen LogP contribution in [0.5, 0.6) is 0 Å². The number of anilines is 3. The Hall–Kier alpha value is -7.36. The number of fused-ring (bicyclic) bond motifs is 9. The van der Waals surface area contributed by atoms with Gasteiger partial charge in [-0.2, -0.15) is 0 Å². The summed E-state index contributed by atoms with van der Waals surface area (Å²) in [4.78, 5) is 2.40. The minimum atomic E-state index is 0.831. The molecule has 0 aliphatic heterocycles. The fourth-order valence-electron chi connectivity index (χ4n) is 8.33. The maximum absolute atomic E-state index is 6.83. The van der Waals surface area contributed by atoms with Crippen LogP contribution < -0.4 is 4.90 Å². The second-order valence-electron chi connectivity index (χ2n) is 14.0. The summed E-state index contributed by atoms with van der Waals surface area (Å²) in [6.07, 6.45) is 0.